The quantitative estimate of drug-likeness (QED) is 0.422. The number of rotatable bonds is 1. The second-order valence-electron chi connectivity index (χ2n) is 12.0. The number of halogens is 1. The Morgan fingerprint density at radius 1 is 1.00 bits per heavy atom. The lowest BCUT2D eigenvalue weighted by Crippen LogP contribution is -2.49. The van der Waals surface area contributed by atoms with Gasteiger partial charge in [0.15, 0.2) is 0 Å². The Balaban J connectivity index is 1.34. The summed E-state index contributed by atoms with van der Waals surface area (Å²) in [5.41, 5.74) is 4.14. The van der Waals surface area contributed by atoms with Crippen LogP contribution in [0.15, 0.2) is 64.3 Å². The van der Waals surface area contributed by atoms with Crippen LogP contribution in [0.3, 0.4) is 0 Å². The number of aliphatic imine (C=N–C) groups is 1. The first-order valence-electron chi connectivity index (χ1n) is 12.8. The average Bonchev–Trinajstić information content (AvgIpc) is 3.29. The molecular formula is C30H34ClNO2. The van der Waals surface area contributed by atoms with E-state index in [1.54, 1.807) is 0 Å². The molecule has 178 valence electrons. The van der Waals surface area contributed by atoms with E-state index >= 15 is 0 Å². The molecule has 4 aliphatic carbocycles. The second-order valence-corrected chi connectivity index (χ2v) is 12.4. The van der Waals surface area contributed by atoms with Gasteiger partial charge in [-0.1, -0.05) is 49.2 Å². The van der Waals surface area contributed by atoms with Crippen LogP contribution in [0.5, 0.6) is 0 Å². The van der Waals surface area contributed by atoms with Crippen molar-refractivity contribution in [3.05, 3.63) is 69.9 Å². The first kappa shape index (κ1) is 22.3. The van der Waals surface area contributed by atoms with E-state index in [9.17, 15) is 4.79 Å². The SMILES string of the molecule is CC1(C)OC(c2ccc(Cl)cc2)=N/C1=C1\C=C[C@@]2(C)C(=C1)CC[C@@H]1[C@@H]2CC[C@]2(C)C(=O)CC[C@@H]12. The largest absolute Gasteiger partial charge is 0.465 e. The Morgan fingerprint density at radius 2 is 1.76 bits per heavy atom. The van der Waals surface area contributed by atoms with E-state index in [2.05, 4.69) is 45.9 Å². The predicted molar refractivity (Wildman–Crippen MR) is 137 cm³/mol. The Morgan fingerprint density at radius 3 is 2.53 bits per heavy atom. The summed E-state index contributed by atoms with van der Waals surface area (Å²) in [5, 5.41) is 0.708. The monoisotopic (exact) mass is 475 g/mol. The van der Waals surface area contributed by atoms with Gasteiger partial charge in [0, 0.05) is 27.8 Å². The minimum Gasteiger partial charge on any atom is -0.465 e. The normalized spacial score (nSPS) is 40.1. The van der Waals surface area contributed by atoms with E-state index in [1.807, 2.05) is 24.3 Å². The van der Waals surface area contributed by atoms with E-state index in [0.29, 0.717) is 34.5 Å². The zero-order valence-electron chi connectivity index (χ0n) is 20.7. The topological polar surface area (TPSA) is 38.7 Å². The highest BCUT2D eigenvalue weighted by molar-refractivity contribution is 6.30. The molecule has 0 N–H and O–H groups in total. The van der Waals surface area contributed by atoms with Crippen molar-refractivity contribution in [1.29, 1.82) is 0 Å². The number of hydrogen-bond acceptors (Lipinski definition) is 3. The molecule has 6 rings (SSSR count). The number of hydrogen-bond donors (Lipinski definition) is 0. The fourth-order valence-electron chi connectivity index (χ4n) is 7.82. The first-order valence-corrected chi connectivity index (χ1v) is 13.2. The molecule has 0 radical (unpaired) electrons. The molecule has 0 bridgehead atoms. The maximum absolute atomic E-state index is 12.7. The van der Waals surface area contributed by atoms with Crippen LogP contribution in [0.4, 0.5) is 0 Å². The van der Waals surface area contributed by atoms with E-state index in [4.69, 9.17) is 21.3 Å². The highest BCUT2D eigenvalue weighted by Crippen LogP contribution is 2.64. The summed E-state index contributed by atoms with van der Waals surface area (Å²) in [6, 6.07) is 7.67. The lowest BCUT2D eigenvalue weighted by Gasteiger charge is -2.55. The van der Waals surface area contributed by atoms with Gasteiger partial charge in [-0.25, -0.2) is 4.99 Å². The van der Waals surface area contributed by atoms with E-state index in [-0.39, 0.29) is 10.8 Å². The summed E-state index contributed by atoms with van der Waals surface area (Å²) in [4.78, 5) is 17.7. The minimum absolute atomic E-state index is 0.0672. The van der Waals surface area contributed by atoms with Crippen molar-refractivity contribution in [2.75, 3.05) is 0 Å². The molecule has 0 saturated heterocycles. The van der Waals surface area contributed by atoms with Crippen LogP contribution in [-0.2, 0) is 9.53 Å². The standard InChI is InChI=1S/C30H34ClNO2/c1-28(2)26(32-27(34-28)18-5-8-21(31)9-6-18)19-13-15-29(3)20(17-19)7-10-22-23-11-12-25(33)30(23,4)16-14-24(22)29/h5-6,8-9,13,15,17,22-24H,7,10-12,14,16H2,1-4H3/b26-19+/t22-,23-,24-,29-,30-/m0/s1. The predicted octanol–water partition coefficient (Wildman–Crippen LogP) is 7.46. The summed E-state index contributed by atoms with van der Waals surface area (Å²) in [6.07, 6.45) is 13.5. The number of allylic oxidation sites excluding steroid dienone is 5. The summed E-state index contributed by atoms with van der Waals surface area (Å²) < 4.78 is 6.31. The van der Waals surface area contributed by atoms with Crippen molar-refractivity contribution in [2.45, 2.75) is 71.8 Å². The maximum Gasteiger partial charge on any atom is 0.222 e. The van der Waals surface area contributed by atoms with Crippen molar-refractivity contribution >= 4 is 23.3 Å². The molecule has 5 aliphatic rings. The highest BCUT2D eigenvalue weighted by Gasteiger charge is 2.58. The van der Waals surface area contributed by atoms with Crippen LogP contribution in [0.1, 0.15) is 71.8 Å². The maximum atomic E-state index is 12.7. The summed E-state index contributed by atoms with van der Waals surface area (Å²) in [5.74, 6) is 3.03. The first-order chi connectivity index (χ1) is 16.1. The molecule has 3 nitrogen and oxygen atoms in total. The summed E-state index contributed by atoms with van der Waals surface area (Å²) >= 11 is 6.07. The van der Waals surface area contributed by atoms with Gasteiger partial charge in [0.2, 0.25) is 5.90 Å². The molecule has 1 heterocycles. The third-order valence-electron chi connectivity index (χ3n) is 9.79. The fourth-order valence-corrected chi connectivity index (χ4v) is 7.94. The molecule has 1 aromatic rings. The van der Waals surface area contributed by atoms with Crippen molar-refractivity contribution < 1.29 is 9.53 Å². The zero-order valence-corrected chi connectivity index (χ0v) is 21.4. The second kappa shape index (κ2) is 7.43. The molecule has 0 aromatic heterocycles. The van der Waals surface area contributed by atoms with Crippen LogP contribution in [0.25, 0.3) is 0 Å². The smallest absolute Gasteiger partial charge is 0.222 e. The molecule has 1 aliphatic heterocycles. The minimum atomic E-state index is -0.493. The summed E-state index contributed by atoms with van der Waals surface area (Å²) in [7, 11) is 0. The average molecular weight is 476 g/mol. The van der Waals surface area contributed by atoms with Crippen molar-refractivity contribution in [1.82, 2.24) is 0 Å². The van der Waals surface area contributed by atoms with Crippen molar-refractivity contribution in [3.8, 4) is 0 Å². The van der Waals surface area contributed by atoms with Crippen molar-refractivity contribution in [3.63, 3.8) is 0 Å². The molecule has 5 atom stereocenters. The van der Waals surface area contributed by atoms with Gasteiger partial charge in [-0.2, -0.15) is 0 Å². The lowest BCUT2D eigenvalue weighted by molar-refractivity contribution is -0.131. The van der Waals surface area contributed by atoms with Gasteiger partial charge in [-0.15, -0.1) is 0 Å². The zero-order chi connectivity index (χ0) is 23.9. The van der Waals surface area contributed by atoms with Crippen LogP contribution >= 0.6 is 11.6 Å². The van der Waals surface area contributed by atoms with Gasteiger partial charge >= 0.3 is 0 Å². The molecule has 34 heavy (non-hydrogen) atoms. The number of fused-ring (bicyclic) bond motifs is 5. The molecule has 0 unspecified atom stereocenters. The van der Waals surface area contributed by atoms with Gasteiger partial charge in [0.25, 0.3) is 0 Å². The van der Waals surface area contributed by atoms with Gasteiger partial charge in [0.1, 0.15) is 11.4 Å². The third kappa shape index (κ3) is 3.15. The molecule has 0 spiro atoms. The number of Topliss-reactive ketones (excluding diaryl/α,β-unsaturated/α-hetero) is 1. The van der Waals surface area contributed by atoms with Gasteiger partial charge < -0.3 is 4.74 Å². The molecule has 0 amide bonds. The van der Waals surface area contributed by atoms with E-state index in [1.165, 1.54) is 12.0 Å². The van der Waals surface area contributed by atoms with Gasteiger partial charge in [-0.05, 0) is 93.5 Å². The fraction of sp³-hybridized carbons (Fsp3) is 0.533. The molecule has 4 heteroatoms. The van der Waals surface area contributed by atoms with E-state index in [0.717, 1.165) is 48.9 Å². The number of ketones is 1. The number of ether oxygens (including phenoxy) is 1. The number of carbonyl (C=O) groups excluding carboxylic acids is 1. The Hall–Kier alpha value is -2.13. The Labute approximate surface area is 208 Å². The van der Waals surface area contributed by atoms with Gasteiger partial charge in [0.05, 0.1) is 5.70 Å². The molecule has 1 aromatic carbocycles. The molecular weight excluding hydrogens is 442 g/mol. The van der Waals surface area contributed by atoms with Crippen LogP contribution in [0.2, 0.25) is 5.02 Å². The van der Waals surface area contributed by atoms with Crippen molar-refractivity contribution in [2.24, 2.45) is 33.6 Å². The van der Waals surface area contributed by atoms with Gasteiger partial charge in [-0.3, -0.25) is 4.79 Å². The number of nitrogens with zero attached hydrogens (tertiary/aromatic N) is 1. The van der Waals surface area contributed by atoms with Crippen LogP contribution in [0, 0.1) is 28.6 Å². The highest BCUT2D eigenvalue weighted by atomic mass is 35.5. The summed E-state index contributed by atoms with van der Waals surface area (Å²) in [6.45, 7) is 8.89. The Kier molecular flexibility index (Phi) is 4.88. The Bertz CT molecular complexity index is 1190. The molecule has 3 fully saturated rings. The lowest BCUT2D eigenvalue weighted by atomic mass is 9.48. The van der Waals surface area contributed by atoms with E-state index < -0.39 is 5.60 Å². The number of benzene rings is 1. The van der Waals surface area contributed by atoms with Crippen LogP contribution < -0.4 is 0 Å². The van der Waals surface area contributed by atoms with Crippen LogP contribution in [-0.4, -0.2) is 17.3 Å². The third-order valence-corrected chi connectivity index (χ3v) is 10.0. The molecule has 3 saturated carbocycles. The number of carbonyl (C=O) groups is 1.